The van der Waals surface area contributed by atoms with Crippen molar-refractivity contribution in [1.82, 2.24) is 0 Å². The van der Waals surface area contributed by atoms with Crippen LogP contribution in [-0.4, -0.2) is 25.2 Å². The second kappa shape index (κ2) is 7.09. The zero-order valence-corrected chi connectivity index (χ0v) is 14.5. The van der Waals surface area contributed by atoms with Gasteiger partial charge in [-0.1, -0.05) is 48.0 Å². The van der Waals surface area contributed by atoms with E-state index in [2.05, 4.69) is 0 Å². The molecular formula is C21H22O4. The quantitative estimate of drug-likeness (QED) is 0.796. The molecule has 0 bridgehead atoms. The Labute approximate surface area is 147 Å². The van der Waals surface area contributed by atoms with Crippen LogP contribution in [0.5, 0.6) is 0 Å². The van der Waals surface area contributed by atoms with E-state index < -0.39 is 17.5 Å². The highest BCUT2D eigenvalue weighted by Crippen LogP contribution is 2.44. The predicted molar refractivity (Wildman–Crippen MR) is 94.4 cm³/mol. The Balaban J connectivity index is 1.93. The minimum absolute atomic E-state index is 0.349. The van der Waals surface area contributed by atoms with E-state index in [1.54, 1.807) is 12.1 Å². The second-order valence-electron chi connectivity index (χ2n) is 6.48. The van der Waals surface area contributed by atoms with E-state index in [9.17, 15) is 9.59 Å². The number of esters is 2. The smallest absolute Gasteiger partial charge is 0.338 e. The van der Waals surface area contributed by atoms with Crippen LogP contribution in [-0.2, 0) is 19.7 Å². The first-order valence-electron chi connectivity index (χ1n) is 8.49. The lowest BCUT2D eigenvalue weighted by Gasteiger charge is -2.32. The summed E-state index contributed by atoms with van der Waals surface area (Å²) < 4.78 is 10.9. The summed E-state index contributed by atoms with van der Waals surface area (Å²) in [6.07, 6.45) is 1.52. The number of methoxy groups -OCH3 is 1. The van der Waals surface area contributed by atoms with Gasteiger partial charge in [0.2, 0.25) is 0 Å². The summed E-state index contributed by atoms with van der Waals surface area (Å²) in [4.78, 5) is 25.3. The molecule has 1 aliphatic rings. The van der Waals surface area contributed by atoms with Crippen molar-refractivity contribution in [2.45, 2.75) is 37.7 Å². The summed E-state index contributed by atoms with van der Waals surface area (Å²) >= 11 is 0. The van der Waals surface area contributed by atoms with E-state index in [4.69, 9.17) is 9.47 Å². The lowest BCUT2D eigenvalue weighted by molar-refractivity contribution is -0.151. The number of ether oxygens (including phenoxy) is 2. The fourth-order valence-electron chi connectivity index (χ4n) is 3.70. The van der Waals surface area contributed by atoms with Crippen molar-refractivity contribution in [1.29, 1.82) is 0 Å². The molecule has 0 heterocycles. The molecule has 4 heteroatoms. The summed E-state index contributed by atoms with van der Waals surface area (Å²) in [6.45, 7) is 1.93. The molecule has 0 radical (unpaired) electrons. The molecule has 2 aromatic rings. The second-order valence-corrected chi connectivity index (χ2v) is 6.48. The molecule has 0 spiro atoms. The van der Waals surface area contributed by atoms with Crippen molar-refractivity contribution in [2.24, 2.45) is 0 Å². The molecule has 2 atom stereocenters. The maximum atomic E-state index is 12.7. The van der Waals surface area contributed by atoms with Crippen LogP contribution in [0, 0.1) is 6.92 Å². The van der Waals surface area contributed by atoms with Gasteiger partial charge in [0.25, 0.3) is 0 Å². The van der Waals surface area contributed by atoms with Crippen LogP contribution in [0.25, 0.3) is 0 Å². The molecule has 0 amide bonds. The molecule has 3 rings (SSSR count). The highest BCUT2D eigenvalue weighted by atomic mass is 16.6. The lowest BCUT2D eigenvalue weighted by atomic mass is 9.77. The summed E-state index contributed by atoms with van der Waals surface area (Å²) in [7, 11) is 1.38. The fourth-order valence-corrected chi connectivity index (χ4v) is 3.70. The van der Waals surface area contributed by atoms with Gasteiger partial charge in [-0.05, 0) is 43.9 Å². The van der Waals surface area contributed by atoms with Crippen molar-refractivity contribution in [3.05, 3.63) is 71.3 Å². The molecule has 130 valence electrons. The Morgan fingerprint density at radius 3 is 2.52 bits per heavy atom. The number of carbonyl (C=O) groups is 2. The van der Waals surface area contributed by atoms with Gasteiger partial charge in [-0.15, -0.1) is 0 Å². The minimum atomic E-state index is -0.935. The monoisotopic (exact) mass is 338 g/mol. The Hall–Kier alpha value is -2.62. The van der Waals surface area contributed by atoms with Gasteiger partial charge in [0.1, 0.15) is 11.5 Å². The Morgan fingerprint density at radius 1 is 1.08 bits per heavy atom. The number of rotatable bonds is 4. The third kappa shape index (κ3) is 3.16. The van der Waals surface area contributed by atoms with Gasteiger partial charge in [-0.25, -0.2) is 4.79 Å². The van der Waals surface area contributed by atoms with Crippen LogP contribution < -0.4 is 0 Å². The Morgan fingerprint density at radius 2 is 1.84 bits per heavy atom. The fraction of sp³-hybridized carbons (Fsp3) is 0.333. The third-order valence-corrected chi connectivity index (χ3v) is 4.93. The van der Waals surface area contributed by atoms with E-state index in [1.165, 1.54) is 7.11 Å². The highest BCUT2D eigenvalue weighted by Gasteiger charge is 2.53. The van der Waals surface area contributed by atoms with Crippen LogP contribution in [0.15, 0.2) is 54.6 Å². The van der Waals surface area contributed by atoms with Crippen LogP contribution in [0.1, 0.15) is 40.7 Å². The zero-order chi connectivity index (χ0) is 17.9. The first-order valence-corrected chi connectivity index (χ1v) is 8.49. The Bertz CT molecular complexity index is 768. The van der Waals surface area contributed by atoms with E-state index in [1.807, 2.05) is 49.4 Å². The van der Waals surface area contributed by atoms with Gasteiger partial charge in [0.05, 0.1) is 12.7 Å². The molecule has 2 unspecified atom stereocenters. The largest absolute Gasteiger partial charge is 0.468 e. The van der Waals surface area contributed by atoms with Crippen molar-refractivity contribution in [2.75, 3.05) is 7.11 Å². The van der Waals surface area contributed by atoms with Gasteiger partial charge in [0.15, 0.2) is 0 Å². The molecule has 2 aromatic carbocycles. The first-order chi connectivity index (χ1) is 12.1. The maximum absolute atomic E-state index is 12.7. The molecule has 1 fully saturated rings. The summed E-state index contributed by atoms with van der Waals surface area (Å²) in [5.41, 5.74) is 1.39. The number of aryl methyl sites for hydroxylation is 1. The van der Waals surface area contributed by atoms with Crippen molar-refractivity contribution in [3.8, 4) is 0 Å². The van der Waals surface area contributed by atoms with Crippen LogP contribution in [0.2, 0.25) is 0 Å². The third-order valence-electron chi connectivity index (χ3n) is 4.93. The van der Waals surface area contributed by atoms with Crippen molar-refractivity contribution in [3.63, 3.8) is 0 Å². The summed E-state index contributed by atoms with van der Waals surface area (Å²) in [5, 5.41) is 0. The van der Waals surface area contributed by atoms with Gasteiger partial charge in [-0.2, -0.15) is 0 Å². The van der Waals surface area contributed by atoms with Gasteiger partial charge >= 0.3 is 11.9 Å². The zero-order valence-electron chi connectivity index (χ0n) is 14.5. The number of benzene rings is 2. The molecule has 0 saturated heterocycles. The average molecular weight is 338 g/mol. The van der Waals surface area contributed by atoms with Crippen molar-refractivity contribution < 1.29 is 19.1 Å². The van der Waals surface area contributed by atoms with E-state index in [0.717, 1.165) is 17.5 Å². The Kier molecular flexibility index (Phi) is 4.88. The van der Waals surface area contributed by atoms with E-state index >= 15 is 0 Å². The molecule has 1 saturated carbocycles. The van der Waals surface area contributed by atoms with Crippen LogP contribution in [0.3, 0.4) is 0 Å². The van der Waals surface area contributed by atoms with Crippen LogP contribution >= 0.6 is 0 Å². The van der Waals surface area contributed by atoms with Crippen LogP contribution in [0.4, 0.5) is 0 Å². The number of hydrogen-bond donors (Lipinski definition) is 0. The lowest BCUT2D eigenvalue weighted by Crippen LogP contribution is -2.45. The molecule has 0 N–H and O–H groups in total. The normalized spacial score (nSPS) is 22.4. The minimum Gasteiger partial charge on any atom is -0.468 e. The summed E-state index contributed by atoms with van der Waals surface area (Å²) in [6, 6.07) is 16.7. The molecular weight excluding hydrogens is 316 g/mol. The van der Waals surface area contributed by atoms with Gasteiger partial charge in [0, 0.05) is 0 Å². The molecule has 1 aliphatic carbocycles. The molecule has 0 aliphatic heterocycles. The standard InChI is InChI=1S/C21H22O4/c1-15-8-6-9-16(14-15)19(22)25-18-12-7-13-21(18,20(23)24-2)17-10-4-3-5-11-17/h3-6,8-11,14,18H,7,12-13H2,1-2H3. The molecule has 4 nitrogen and oxygen atoms in total. The summed E-state index contributed by atoms with van der Waals surface area (Å²) in [5.74, 6) is -0.752. The number of carbonyl (C=O) groups excluding carboxylic acids is 2. The maximum Gasteiger partial charge on any atom is 0.338 e. The molecule has 25 heavy (non-hydrogen) atoms. The van der Waals surface area contributed by atoms with Crippen molar-refractivity contribution >= 4 is 11.9 Å². The predicted octanol–water partition coefficient (Wildman–Crippen LogP) is 3.82. The number of hydrogen-bond acceptors (Lipinski definition) is 4. The van der Waals surface area contributed by atoms with Gasteiger partial charge in [-0.3, -0.25) is 4.79 Å². The SMILES string of the molecule is COC(=O)C1(c2ccccc2)CCCC1OC(=O)c1cccc(C)c1. The topological polar surface area (TPSA) is 52.6 Å². The first kappa shape index (κ1) is 17.2. The van der Waals surface area contributed by atoms with E-state index in [-0.39, 0.29) is 5.97 Å². The molecule has 0 aromatic heterocycles. The average Bonchev–Trinajstić information content (AvgIpc) is 3.06. The highest BCUT2D eigenvalue weighted by molar-refractivity contribution is 5.91. The van der Waals surface area contributed by atoms with E-state index in [0.29, 0.717) is 18.4 Å². The van der Waals surface area contributed by atoms with Gasteiger partial charge < -0.3 is 9.47 Å².